The zero-order valence-electron chi connectivity index (χ0n) is 9.02. The van der Waals surface area contributed by atoms with E-state index in [1.54, 1.807) is 5.57 Å². The predicted octanol–water partition coefficient (Wildman–Crippen LogP) is 3.30. The smallest absolute Gasteiger partial charge is 0.0633 e. The molecule has 1 aliphatic heterocycles. The van der Waals surface area contributed by atoms with Gasteiger partial charge in [-0.1, -0.05) is 11.6 Å². The molecule has 0 aromatic heterocycles. The Morgan fingerprint density at radius 3 is 2.62 bits per heavy atom. The van der Waals surface area contributed by atoms with Crippen LogP contribution in [0.3, 0.4) is 0 Å². The van der Waals surface area contributed by atoms with Gasteiger partial charge in [-0.25, -0.2) is 0 Å². The Balaban J connectivity index is 2.09. The Kier molecular flexibility index (Phi) is 2.03. The Morgan fingerprint density at radius 2 is 2.15 bits per heavy atom. The molecule has 0 saturated carbocycles. The summed E-state index contributed by atoms with van der Waals surface area (Å²) < 4.78 is 5.84. The average Bonchev–Trinajstić information content (AvgIpc) is 2.35. The lowest BCUT2D eigenvalue weighted by molar-refractivity contribution is 0.0305. The average molecular weight is 180 g/mol. The van der Waals surface area contributed by atoms with Crippen LogP contribution >= 0.6 is 0 Å². The highest BCUT2D eigenvalue weighted by atomic mass is 16.5. The van der Waals surface area contributed by atoms with Crippen molar-refractivity contribution in [1.29, 1.82) is 0 Å². The maximum atomic E-state index is 5.84. The maximum Gasteiger partial charge on any atom is 0.0633 e. The first kappa shape index (κ1) is 9.26. The van der Waals surface area contributed by atoms with Crippen LogP contribution in [0.15, 0.2) is 11.6 Å². The first-order valence-electron chi connectivity index (χ1n) is 5.31. The molecule has 0 bridgehead atoms. The second-order valence-electron chi connectivity index (χ2n) is 5.48. The van der Waals surface area contributed by atoms with Crippen molar-refractivity contribution >= 4 is 0 Å². The van der Waals surface area contributed by atoms with Crippen LogP contribution in [0.2, 0.25) is 0 Å². The second-order valence-corrected chi connectivity index (χ2v) is 5.48. The third kappa shape index (κ3) is 1.80. The summed E-state index contributed by atoms with van der Waals surface area (Å²) in [7, 11) is 0. The van der Waals surface area contributed by atoms with Gasteiger partial charge < -0.3 is 4.74 Å². The quantitative estimate of drug-likeness (QED) is 0.520. The molecule has 1 heteroatoms. The minimum absolute atomic E-state index is 0.124. The zero-order valence-corrected chi connectivity index (χ0v) is 9.02. The van der Waals surface area contributed by atoms with Crippen LogP contribution in [0.5, 0.6) is 0 Å². The molecular formula is C12H20O. The van der Waals surface area contributed by atoms with E-state index in [0.29, 0.717) is 5.41 Å². The van der Waals surface area contributed by atoms with Crippen molar-refractivity contribution in [1.82, 2.24) is 0 Å². The summed E-state index contributed by atoms with van der Waals surface area (Å²) in [5, 5.41) is 0. The minimum Gasteiger partial charge on any atom is -0.375 e. The predicted molar refractivity (Wildman–Crippen MR) is 54.7 cm³/mol. The van der Waals surface area contributed by atoms with E-state index in [2.05, 4.69) is 26.8 Å². The van der Waals surface area contributed by atoms with Crippen molar-refractivity contribution in [3.63, 3.8) is 0 Å². The van der Waals surface area contributed by atoms with Gasteiger partial charge in [0.05, 0.1) is 12.2 Å². The van der Waals surface area contributed by atoms with Gasteiger partial charge in [0.15, 0.2) is 0 Å². The molecule has 1 spiro atoms. The van der Waals surface area contributed by atoms with E-state index in [1.807, 2.05) is 0 Å². The molecule has 1 nitrogen and oxygen atoms in total. The van der Waals surface area contributed by atoms with Crippen LogP contribution in [0.4, 0.5) is 0 Å². The van der Waals surface area contributed by atoms with Gasteiger partial charge in [0.25, 0.3) is 0 Å². The van der Waals surface area contributed by atoms with Gasteiger partial charge in [0.1, 0.15) is 0 Å². The van der Waals surface area contributed by atoms with Crippen LogP contribution in [0, 0.1) is 5.41 Å². The SMILES string of the molecule is CC1=CCC2(CC1)COC(C)(C)C2. The Bertz CT molecular complexity index is 240. The molecule has 0 aromatic carbocycles. The highest BCUT2D eigenvalue weighted by Crippen LogP contribution is 2.47. The lowest BCUT2D eigenvalue weighted by Crippen LogP contribution is -2.25. The molecule has 2 rings (SSSR count). The molecule has 74 valence electrons. The van der Waals surface area contributed by atoms with Crippen LogP contribution in [-0.4, -0.2) is 12.2 Å². The molecule has 0 aromatic rings. The van der Waals surface area contributed by atoms with Crippen molar-refractivity contribution in [2.75, 3.05) is 6.61 Å². The molecule has 0 radical (unpaired) electrons. The van der Waals surface area contributed by atoms with Crippen molar-refractivity contribution in [2.24, 2.45) is 5.41 Å². The summed E-state index contributed by atoms with van der Waals surface area (Å²) in [4.78, 5) is 0. The molecule has 2 aliphatic rings. The monoisotopic (exact) mass is 180 g/mol. The lowest BCUT2D eigenvalue weighted by Gasteiger charge is -2.31. The summed E-state index contributed by atoms with van der Waals surface area (Å²) in [5.41, 5.74) is 2.18. The number of rotatable bonds is 0. The Morgan fingerprint density at radius 1 is 1.38 bits per heavy atom. The lowest BCUT2D eigenvalue weighted by atomic mass is 9.72. The summed E-state index contributed by atoms with van der Waals surface area (Å²) in [5.74, 6) is 0. The van der Waals surface area contributed by atoms with Crippen LogP contribution in [-0.2, 0) is 4.74 Å². The topological polar surface area (TPSA) is 9.23 Å². The molecule has 1 atom stereocenters. The normalized spacial score (nSPS) is 37.9. The van der Waals surface area contributed by atoms with Crippen molar-refractivity contribution in [2.45, 2.75) is 52.1 Å². The fourth-order valence-corrected chi connectivity index (χ4v) is 2.70. The maximum absolute atomic E-state index is 5.84. The molecule has 1 aliphatic carbocycles. The van der Waals surface area contributed by atoms with Gasteiger partial charge in [-0.05, 0) is 46.5 Å². The number of allylic oxidation sites excluding steroid dienone is 2. The van der Waals surface area contributed by atoms with E-state index in [1.165, 1.54) is 25.7 Å². The number of hydrogen-bond acceptors (Lipinski definition) is 1. The molecule has 0 amide bonds. The van der Waals surface area contributed by atoms with E-state index >= 15 is 0 Å². The first-order chi connectivity index (χ1) is 6.02. The third-order valence-electron chi connectivity index (χ3n) is 3.50. The standard InChI is InChI=1S/C12H20O/c1-10-4-6-12(7-5-10)8-11(2,3)13-9-12/h4H,5-9H2,1-3H3. The fraction of sp³-hybridized carbons (Fsp3) is 0.833. The molecule has 1 saturated heterocycles. The number of ether oxygens (including phenoxy) is 1. The van der Waals surface area contributed by atoms with E-state index < -0.39 is 0 Å². The van der Waals surface area contributed by atoms with E-state index in [4.69, 9.17) is 4.74 Å². The van der Waals surface area contributed by atoms with Gasteiger partial charge in [0, 0.05) is 5.41 Å². The van der Waals surface area contributed by atoms with Crippen LogP contribution in [0.1, 0.15) is 46.5 Å². The van der Waals surface area contributed by atoms with E-state index in [-0.39, 0.29) is 5.60 Å². The number of hydrogen-bond donors (Lipinski definition) is 0. The minimum atomic E-state index is 0.124. The van der Waals surface area contributed by atoms with Gasteiger partial charge in [-0.15, -0.1) is 0 Å². The van der Waals surface area contributed by atoms with Crippen molar-refractivity contribution in [3.8, 4) is 0 Å². The van der Waals surface area contributed by atoms with Crippen LogP contribution in [0.25, 0.3) is 0 Å². The highest BCUT2D eigenvalue weighted by molar-refractivity contribution is 5.09. The van der Waals surface area contributed by atoms with Crippen molar-refractivity contribution in [3.05, 3.63) is 11.6 Å². The summed E-state index contributed by atoms with van der Waals surface area (Å²) in [6.07, 6.45) is 7.50. The van der Waals surface area contributed by atoms with Gasteiger partial charge in [0.2, 0.25) is 0 Å². The highest BCUT2D eigenvalue weighted by Gasteiger charge is 2.44. The first-order valence-corrected chi connectivity index (χ1v) is 5.31. The Hall–Kier alpha value is -0.300. The molecular weight excluding hydrogens is 160 g/mol. The molecule has 1 unspecified atom stereocenters. The Labute approximate surface area is 81.2 Å². The largest absolute Gasteiger partial charge is 0.375 e. The molecule has 1 fully saturated rings. The molecule has 13 heavy (non-hydrogen) atoms. The summed E-state index contributed by atoms with van der Waals surface area (Å²) in [6, 6.07) is 0. The van der Waals surface area contributed by atoms with E-state index in [9.17, 15) is 0 Å². The fourth-order valence-electron chi connectivity index (χ4n) is 2.70. The zero-order chi connectivity index (χ0) is 9.53. The third-order valence-corrected chi connectivity index (χ3v) is 3.50. The molecule has 1 heterocycles. The van der Waals surface area contributed by atoms with Gasteiger partial charge >= 0.3 is 0 Å². The van der Waals surface area contributed by atoms with Crippen LogP contribution < -0.4 is 0 Å². The summed E-state index contributed by atoms with van der Waals surface area (Å²) in [6.45, 7) is 7.65. The molecule has 0 N–H and O–H groups in total. The van der Waals surface area contributed by atoms with Gasteiger partial charge in [-0.3, -0.25) is 0 Å². The summed E-state index contributed by atoms with van der Waals surface area (Å²) >= 11 is 0. The van der Waals surface area contributed by atoms with Crippen molar-refractivity contribution < 1.29 is 4.74 Å². The van der Waals surface area contributed by atoms with E-state index in [0.717, 1.165) is 6.61 Å². The second kappa shape index (κ2) is 2.84. The van der Waals surface area contributed by atoms with Gasteiger partial charge in [-0.2, -0.15) is 0 Å².